The van der Waals surface area contributed by atoms with Crippen molar-refractivity contribution in [1.82, 2.24) is 29.6 Å². The molecule has 0 aliphatic carbocycles. The largest absolute Gasteiger partial charge is 0.330 e. The summed E-state index contributed by atoms with van der Waals surface area (Å²) in [6, 6.07) is 6.15. The fourth-order valence-electron chi connectivity index (χ4n) is 2.74. The Hall–Kier alpha value is -1.92. The summed E-state index contributed by atoms with van der Waals surface area (Å²) in [4.78, 5) is 8.66. The molecule has 7 heteroatoms. The normalized spacial score (nSPS) is 14.4. The van der Waals surface area contributed by atoms with Crippen LogP contribution < -0.4 is 5.32 Å². The van der Waals surface area contributed by atoms with E-state index >= 15 is 0 Å². The standard InChI is InChI=1S/C15H19ClN6/c1-10(7-22-9-17-8-18-22)19-11(2)15-20-13-6-12(16)4-5-14(13)21(15)3/h4-6,8-11,19H,7H2,1-3H3/t10-,11+/m0/s1. The molecule has 0 saturated heterocycles. The van der Waals surface area contributed by atoms with Gasteiger partial charge in [0.05, 0.1) is 23.6 Å². The van der Waals surface area contributed by atoms with Crippen molar-refractivity contribution in [2.45, 2.75) is 32.5 Å². The molecule has 0 aliphatic heterocycles. The Morgan fingerprint density at radius 2 is 2.14 bits per heavy atom. The van der Waals surface area contributed by atoms with Gasteiger partial charge in [-0.05, 0) is 32.0 Å². The first kappa shape index (κ1) is 15.0. The Labute approximate surface area is 134 Å². The second-order valence-electron chi connectivity index (χ2n) is 5.57. The molecule has 0 unspecified atom stereocenters. The first-order valence-corrected chi connectivity index (χ1v) is 7.62. The Bertz CT molecular complexity index is 764. The number of imidazole rings is 1. The van der Waals surface area contributed by atoms with Gasteiger partial charge in [-0.1, -0.05) is 11.6 Å². The molecular formula is C15H19ClN6. The molecule has 0 bridgehead atoms. The van der Waals surface area contributed by atoms with E-state index in [1.165, 1.54) is 0 Å². The molecule has 0 amide bonds. The molecule has 2 atom stereocenters. The molecule has 1 N–H and O–H groups in total. The second kappa shape index (κ2) is 6.06. The number of fused-ring (bicyclic) bond motifs is 1. The summed E-state index contributed by atoms with van der Waals surface area (Å²) in [6.45, 7) is 5.00. The van der Waals surface area contributed by atoms with Crippen molar-refractivity contribution < 1.29 is 0 Å². The van der Waals surface area contributed by atoms with E-state index in [0.717, 1.165) is 23.4 Å². The topological polar surface area (TPSA) is 60.6 Å². The van der Waals surface area contributed by atoms with Crippen molar-refractivity contribution in [3.05, 3.63) is 41.7 Å². The first-order valence-electron chi connectivity index (χ1n) is 7.25. The lowest BCUT2D eigenvalue weighted by Crippen LogP contribution is -2.33. The SMILES string of the molecule is C[C@@H](Cn1cncn1)N[C@H](C)c1nc2cc(Cl)ccc2n1C. The molecule has 0 radical (unpaired) electrons. The van der Waals surface area contributed by atoms with Gasteiger partial charge in [-0.2, -0.15) is 5.10 Å². The van der Waals surface area contributed by atoms with E-state index in [1.54, 1.807) is 12.7 Å². The summed E-state index contributed by atoms with van der Waals surface area (Å²) in [5.41, 5.74) is 2.00. The lowest BCUT2D eigenvalue weighted by Gasteiger charge is -2.19. The summed E-state index contributed by atoms with van der Waals surface area (Å²) in [6.07, 6.45) is 3.27. The predicted molar refractivity (Wildman–Crippen MR) is 86.8 cm³/mol. The Balaban J connectivity index is 1.77. The zero-order chi connectivity index (χ0) is 15.7. The molecule has 3 rings (SSSR count). The maximum Gasteiger partial charge on any atom is 0.137 e. The highest BCUT2D eigenvalue weighted by molar-refractivity contribution is 6.31. The van der Waals surface area contributed by atoms with E-state index in [0.29, 0.717) is 5.02 Å². The highest BCUT2D eigenvalue weighted by atomic mass is 35.5. The molecule has 0 spiro atoms. The van der Waals surface area contributed by atoms with E-state index in [-0.39, 0.29) is 12.1 Å². The maximum atomic E-state index is 6.04. The van der Waals surface area contributed by atoms with Crippen molar-refractivity contribution in [3.8, 4) is 0 Å². The van der Waals surface area contributed by atoms with Crippen LogP contribution in [0.25, 0.3) is 11.0 Å². The summed E-state index contributed by atoms with van der Waals surface area (Å²) in [5.74, 6) is 0.989. The van der Waals surface area contributed by atoms with Gasteiger partial charge in [0.25, 0.3) is 0 Å². The minimum Gasteiger partial charge on any atom is -0.330 e. The zero-order valence-electron chi connectivity index (χ0n) is 12.9. The summed E-state index contributed by atoms with van der Waals surface area (Å²) in [7, 11) is 2.03. The Kier molecular flexibility index (Phi) is 4.13. The highest BCUT2D eigenvalue weighted by Crippen LogP contribution is 2.22. The predicted octanol–water partition coefficient (Wildman–Crippen LogP) is 2.56. The van der Waals surface area contributed by atoms with Crippen LogP contribution in [0.2, 0.25) is 5.02 Å². The molecule has 0 saturated carbocycles. The molecule has 2 heterocycles. The fourth-order valence-corrected chi connectivity index (χ4v) is 2.91. The van der Waals surface area contributed by atoms with Gasteiger partial charge in [0, 0.05) is 18.1 Å². The van der Waals surface area contributed by atoms with Crippen LogP contribution in [0.1, 0.15) is 25.7 Å². The number of benzene rings is 1. The highest BCUT2D eigenvalue weighted by Gasteiger charge is 2.16. The third-order valence-corrected chi connectivity index (χ3v) is 3.96. The Morgan fingerprint density at radius 3 is 2.86 bits per heavy atom. The second-order valence-corrected chi connectivity index (χ2v) is 6.01. The fraction of sp³-hybridized carbons (Fsp3) is 0.400. The van der Waals surface area contributed by atoms with Crippen molar-refractivity contribution in [3.63, 3.8) is 0 Å². The smallest absolute Gasteiger partial charge is 0.137 e. The third kappa shape index (κ3) is 2.98. The minimum absolute atomic E-state index is 0.120. The molecule has 2 aromatic heterocycles. The average Bonchev–Trinajstić information content (AvgIpc) is 3.07. The number of hydrogen-bond donors (Lipinski definition) is 1. The monoisotopic (exact) mass is 318 g/mol. The number of nitrogens with one attached hydrogen (secondary N) is 1. The van der Waals surface area contributed by atoms with Gasteiger partial charge in [-0.15, -0.1) is 0 Å². The quantitative estimate of drug-likeness (QED) is 0.785. The van der Waals surface area contributed by atoms with Gasteiger partial charge in [0.2, 0.25) is 0 Å². The molecule has 22 heavy (non-hydrogen) atoms. The van der Waals surface area contributed by atoms with E-state index in [1.807, 2.05) is 29.9 Å². The van der Waals surface area contributed by atoms with Crippen LogP contribution in [-0.4, -0.2) is 30.4 Å². The lowest BCUT2D eigenvalue weighted by atomic mass is 10.2. The summed E-state index contributed by atoms with van der Waals surface area (Å²) < 4.78 is 3.92. The number of aromatic nitrogens is 5. The van der Waals surface area contributed by atoms with Crippen molar-refractivity contribution in [2.24, 2.45) is 7.05 Å². The number of hydrogen-bond acceptors (Lipinski definition) is 4. The van der Waals surface area contributed by atoms with Crippen molar-refractivity contribution >= 4 is 22.6 Å². The van der Waals surface area contributed by atoms with Gasteiger partial charge in [-0.3, -0.25) is 4.68 Å². The Morgan fingerprint density at radius 1 is 1.32 bits per heavy atom. The molecule has 1 aromatic carbocycles. The van der Waals surface area contributed by atoms with Crippen molar-refractivity contribution in [2.75, 3.05) is 0 Å². The number of rotatable bonds is 5. The lowest BCUT2D eigenvalue weighted by molar-refractivity contribution is 0.400. The molecular weight excluding hydrogens is 300 g/mol. The van der Waals surface area contributed by atoms with Crippen LogP contribution in [0.15, 0.2) is 30.9 Å². The molecule has 6 nitrogen and oxygen atoms in total. The maximum absolute atomic E-state index is 6.04. The minimum atomic E-state index is 0.120. The van der Waals surface area contributed by atoms with Gasteiger partial charge < -0.3 is 9.88 Å². The average molecular weight is 319 g/mol. The van der Waals surface area contributed by atoms with Gasteiger partial charge in [-0.25, -0.2) is 9.97 Å². The number of halogens is 1. The van der Waals surface area contributed by atoms with Gasteiger partial charge >= 0.3 is 0 Å². The van der Waals surface area contributed by atoms with Crippen LogP contribution in [0.3, 0.4) is 0 Å². The summed E-state index contributed by atoms with van der Waals surface area (Å²) in [5, 5.41) is 8.38. The number of aryl methyl sites for hydroxylation is 1. The van der Waals surface area contributed by atoms with Gasteiger partial charge in [0.1, 0.15) is 18.5 Å². The number of nitrogens with zero attached hydrogens (tertiary/aromatic N) is 5. The van der Waals surface area contributed by atoms with Crippen LogP contribution in [0.5, 0.6) is 0 Å². The van der Waals surface area contributed by atoms with Crippen LogP contribution in [0.4, 0.5) is 0 Å². The van der Waals surface area contributed by atoms with E-state index in [9.17, 15) is 0 Å². The van der Waals surface area contributed by atoms with E-state index < -0.39 is 0 Å². The van der Waals surface area contributed by atoms with Crippen LogP contribution in [0, 0.1) is 0 Å². The zero-order valence-corrected chi connectivity index (χ0v) is 13.6. The third-order valence-electron chi connectivity index (χ3n) is 3.73. The van der Waals surface area contributed by atoms with Crippen LogP contribution in [-0.2, 0) is 13.6 Å². The van der Waals surface area contributed by atoms with Crippen LogP contribution >= 0.6 is 11.6 Å². The molecule has 0 fully saturated rings. The molecule has 116 valence electrons. The van der Waals surface area contributed by atoms with Gasteiger partial charge in [0.15, 0.2) is 0 Å². The molecule has 0 aliphatic rings. The first-order chi connectivity index (χ1) is 10.5. The van der Waals surface area contributed by atoms with E-state index in [4.69, 9.17) is 16.6 Å². The van der Waals surface area contributed by atoms with E-state index in [2.05, 4.69) is 33.8 Å². The van der Waals surface area contributed by atoms with Crippen molar-refractivity contribution in [1.29, 1.82) is 0 Å². The molecule has 3 aromatic rings. The summed E-state index contributed by atoms with van der Waals surface area (Å²) >= 11 is 6.04.